The molecule has 1 heterocycles. The average Bonchev–Trinajstić information content (AvgIpc) is 2.82. The first-order chi connectivity index (χ1) is 9.11. The first-order valence-electron chi connectivity index (χ1n) is 5.93. The smallest absolute Gasteiger partial charge is 0.0837 e. The van der Waals surface area contributed by atoms with Crippen molar-refractivity contribution < 1.29 is 10.2 Å². The van der Waals surface area contributed by atoms with Crippen molar-refractivity contribution in [2.45, 2.75) is 11.8 Å². The molecular formula is C13H16BrN3O2. The number of hydrogen-bond donors (Lipinski definition) is 2. The Balaban J connectivity index is 2.40. The van der Waals surface area contributed by atoms with E-state index in [0.29, 0.717) is 6.42 Å². The molecule has 5 nitrogen and oxygen atoms in total. The van der Waals surface area contributed by atoms with Gasteiger partial charge in [-0.15, -0.1) is 5.10 Å². The van der Waals surface area contributed by atoms with Crippen LogP contribution < -0.4 is 0 Å². The molecule has 0 aliphatic heterocycles. The summed E-state index contributed by atoms with van der Waals surface area (Å²) in [5.74, 6) is 0. The van der Waals surface area contributed by atoms with E-state index >= 15 is 0 Å². The molecule has 1 aromatic carbocycles. The van der Waals surface area contributed by atoms with Crippen molar-refractivity contribution in [2.75, 3.05) is 13.2 Å². The Hall–Kier alpha value is -1.24. The van der Waals surface area contributed by atoms with E-state index in [-0.39, 0.29) is 13.2 Å². The van der Waals surface area contributed by atoms with Crippen molar-refractivity contribution in [2.24, 2.45) is 7.05 Å². The Morgan fingerprint density at radius 3 is 2.47 bits per heavy atom. The second kappa shape index (κ2) is 5.81. The monoisotopic (exact) mass is 325 g/mol. The van der Waals surface area contributed by atoms with Gasteiger partial charge in [0.05, 0.1) is 18.9 Å². The summed E-state index contributed by atoms with van der Waals surface area (Å²) in [6, 6.07) is 7.57. The Morgan fingerprint density at radius 1 is 1.26 bits per heavy atom. The van der Waals surface area contributed by atoms with Gasteiger partial charge in [-0.05, 0) is 11.6 Å². The summed E-state index contributed by atoms with van der Waals surface area (Å²) in [6.45, 7) is -0.328. The van der Waals surface area contributed by atoms with Crippen molar-refractivity contribution in [3.05, 3.63) is 46.2 Å². The quantitative estimate of drug-likeness (QED) is 0.861. The molecule has 0 atom stereocenters. The SMILES string of the molecule is Cn1cc(CC(CO)(CO)c2ccccc2Br)nn1. The minimum Gasteiger partial charge on any atom is -0.395 e. The molecule has 0 aliphatic carbocycles. The van der Waals surface area contributed by atoms with Crippen LogP contribution in [-0.4, -0.2) is 38.4 Å². The molecule has 0 unspecified atom stereocenters. The standard InChI is InChI=1S/C13H16BrN3O2/c1-17-7-10(15-16-17)6-13(8-18,9-19)11-4-2-3-5-12(11)14/h2-5,7,18-19H,6,8-9H2,1H3. The normalized spacial score (nSPS) is 11.8. The van der Waals surface area contributed by atoms with E-state index in [2.05, 4.69) is 26.2 Å². The van der Waals surface area contributed by atoms with Crippen LogP contribution in [0.2, 0.25) is 0 Å². The van der Waals surface area contributed by atoms with Crippen molar-refractivity contribution in [3.63, 3.8) is 0 Å². The molecule has 0 amide bonds. The van der Waals surface area contributed by atoms with E-state index in [4.69, 9.17) is 0 Å². The summed E-state index contributed by atoms with van der Waals surface area (Å²) in [6.07, 6.45) is 2.22. The summed E-state index contributed by atoms with van der Waals surface area (Å²) in [4.78, 5) is 0. The van der Waals surface area contributed by atoms with Crippen LogP contribution in [0.5, 0.6) is 0 Å². The third-order valence-electron chi connectivity index (χ3n) is 3.22. The Bertz CT molecular complexity index is 552. The van der Waals surface area contributed by atoms with Crippen LogP contribution in [0, 0.1) is 0 Å². The molecule has 2 N–H and O–H groups in total. The highest BCUT2D eigenvalue weighted by Gasteiger charge is 2.34. The molecule has 0 spiro atoms. The summed E-state index contributed by atoms with van der Waals surface area (Å²) in [7, 11) is 1.79. The van der Waals surface area contributed by atoms with Gasteiger partial charge in [-0.2, -0.15) is 0 Å². The van der Waals surface area contributed by atoms with E-state index < -0.39 is 5.41 Å². The number of rotatable bonds is 5. The summed E-state index contributed by atoms with van der Waals surface area (Å²) < 4.78 is 2.47. The van der Waals surface area contributed by atoms with Gasteiger partial charge in [-0.1, -0.05) is 39.3 Å². The lowest BCUT2D eigenvalue weighted by Crippen LogP contribution is -2.37. The summed E-state index contributed by atoms with van der Waals surface area (Å²) >= 11 is 3.47. The second-order valence-corrected chi connectivity index (χ2v) is 5.49. The van der Waals surface area contributed by atoms with Crippen LogP contribution in [-0.2, 0) is 18.9 Å². The number of aromatic nitrogens is 3. The van der Waals surface area contributed by atoms with Gasteiger partial charge in [-0.25, -0.2) is 0 Å². The number of hydrogen-bond acceptors (Lipinski definition) is 4. The molecule has 0 aliphatic rings. The minimum absolute atomic E-state index is 0.164. The van der Waals surface area contributed by atoms with Crippen LogP contribution in [0.4, 0.5) is 0 Å². The Labute approximate surface area is 120 Å². The molecule has 2 rings (SSSR count). The average molecular weight is 326 g/mol. The van der Waals surface area contributed by atoms with Gasteiger partial charge in [0.2, 0.25) is 0 Å². The molecular weight excluding hydrogens is 310 g/mol. The van der Waals surface area contributed by atoms with Crippen LogP contribution in [0.1, 0.15) is 11.3 Å². The molecule has 2 aromatic rings. The molecule has 0 saturated heterocycles. The molecule has 1 aromatic heterocycles. The van der Waals surface area contributed by atoms with Gasteiger partial charge >= 0.3 is 0 Å². The first-order valence-corrected chi connectivity index (χ1v) is 6.72. The minimum atomic E-state index is -0.768. The van der Waals surface area contributed by atoms with Gasteiger partial charge in [0.15, 0.2) is 0 Å². The predicted molar refractivity (Wildman–Crippen MR) is 74.7 cm³/mol. The Kier molecular flexibility index (Phi) is 4.34. The van der Waals surface area contributed by atoms with Crippen molar-refractivity contribution in [1.82, 2.24) is 15.0 Å². The zero-order valence-electron chi connectivity index (χ0n) is 10.6. The molecule has 102 valence electrons. The van der Waals surface area contributed by atoms with E-state index in [1.807, 2.05) is 24.3 Å². The van der Waals surface area contributed by atoms with Gasteiger partial charge in [0.1, 0.15) is 0 Å². The summed E-state index contributed by atoms with van der Waals surface area (Å²) in [5.41, 5.74) is 0.836. The molecule has 19 heavy (non-hydrogen) atoms. The number of halogens is 1. The van der Waals surface area contributed by atoms with Crippen LogP contribution >= 0.6 is 15.9 Å². The maximum absolute atomic E-state index is 9.79. The fourth-order valence-corrected chi connectivity index (χ4v) is 2.85. The van der Waals surface area contributed by atoms with E-state index in [9.17, 15) is 10.2 Å². The molecule has 0 saturated carbocycles. The van der Waals surface area contributed by atoms with Crippen molar-refractivity contribution in [3.8, 4) is 0 Å². The van der Waals surface area contributed by atoms with Crippen molar-refractivity contribution >= 4 is 15.9 Å². The van der Waals surface area contributed by atoms with Crippen molar-refractivity contribution in [1.29, 1.82) is 0 Å². The molecule has 0 radical (unpaired) electrons. The number of aliphatic hydroxyl groups is 2. The number of aryl methyl sites for hydroxylation is 1. The third kappa shape index (κ3) is 2.86. The third-order valence-corrected chi connectivity index (χ3v) is 3.91. The van der Waals surface area contributed by atoms with Gasteiger partial charge < -0.3 is 10.2 Å². The Morgan fingerprint density at radius 2 is 1.95 bits per heavy atom. The highest BCUT2D eigenvalue weighted by molar-refractivity contribution is 9.10. The maximum atomic E-state index is 9.79. The highest BCUT2D eigenvalue weighted by atomic mass is 79.9. The maximum Gasteiger partial charge on any atom is 0.0837 e. The van der Waals surface area contributed by atoms with Crippen LogP contribution in [0.25, 0.3) is 0 Å². The predicted octanol–water partition coefficient (Wildman–Crippen LogP) is 1.04. The molecule has 0 fully saturated rings. The number of aliphatic hydroxyl groups excluding tert-OH is 2. The zero-order chi connectivity index (χ0) is 13.9. The molecule has 6 heteroatoms. The van der Waals surface area contributed by atoms with Crippen LogP contribution in [0.3, 0.4) is 0 Å². The zero-order valence-corrected chi connectivity index (χ0v) is 12.2. The lowest BCUT2D eigenvalue weighted by atomic mass is 9.78. The first kappa shape index (κ1) is 14.2. The van der Waals surface area contributed by atoms with E-state index in [0.717, 1.165) is 15.7 Å². The van der Waals surface area contributed by atoms with Gasteiger partial charge in [0.25, 0.3) is 0 Å². The van der Waals surface area contributed by atoms with E-state index in [1.54, 1.807) is 17.9 Å². The fraction of sp³-hybridized carbons (Fsp3) is 0.385. The second-order valence-electron chi connectivity index (χ2n) is 4.64. The summed E-state index contributed by atoms with van der Waals surface area (Å²) in [5, 5.41) is 27.5. The highest BCUT2D eigenvalue weighted by Crippen LogP contribution is 2.32. The van der Waals surface area contributed by atoms with E-state index in [1.165, 1.54) is 0 Å². The molecule has 0 bridgehead atoms. The van der Waals surface area contributed by atoms with Gasteiger partial charge in [-0.3, -0.25) is 4.68 Å². The lowest BCUT2D eigenvalue weighted by molar-refractivity contribution is 0.115. The largest absolute Gasteiger partial charge is 0.395 e. The number of nitrogens with zero attached hydrogens (tertiary/aromatic N) is 3. The fourth-order valence-electron chi connectivity index (χ4n) is 2.14. The topological polar surface area (TPSA) is 71.2 Å². The number of benzene rings is 1. The van der Waals surface area contributed by atoms with Gasteiger partial charge in [0, 0.05) is 29.6 Å². The van der Waals surface area contributed by atoms with Crippen LogP contribution in [0.15, 0.2) is 34.9 Å². The lowest BCUT2D eigenvalue weighted by Gasteiger charge is -2.30.